The first kappa shape index (κ1) is 18.4. The normalized spacial score (nSPS) is 18.9. The highest BCUT2D eigenvalue weighted by atomic mass is 35.5. The van der Waals surface area contributed by atoms with E-state index < -0.39 is 0 Å². The van der Waals surface area contributed by atoms with Crippen molar-refractivity contribution < 1.29 is 4.74 Å². The Morgan fingerprint density at radius 2 is 1.59 bits per heavy atom. The summed E-state index contributed by atoms with van der Waals surface area (Å²) >= 11 is 13.8. The highest BCUT2D eigenvalue weighted by Gasteiger charge is 2.33. The first-order valence-electron chi connectivity index (χ1n) is 8.71. The molecular formula is C21H18Cl2N2OS. The molecule has 0 aliphatic carbocycles. The van der Waals surface area contributed by atoms with E-state index in [2.05, 4.69) is 5.32 Å². The summed E-state index contributed by atoms with van der Waals surface area (Å²) in [5.74, 6) is 1.72. The second-order valence-corrected chi connectivity index (χ2v) is 7.98. The number of hydrogen-bond donors (Lipinski definition) is 1. The van der Waals surface area contributed by atoms with Crippen LogP contribution in [0.3, 0.4) is 0 Å². The van der Waals surface area contributed by atoms with Gasteiger partial charge in [-0.25, -0.2) is 0 Å². The molecule has 1 aliphatic rings. The quantitative estimate of drug-likeness (QED) is 0.530. The third-order valence-electron chi connectivity index (χ3n) is 4.46. The third-order valence-corrected chi connectivity index (χ3v) is 5.87. The third kappa shape index (κ3) is 3.84. The van der Waals surface area contributed by atoms with Gasteiger partial charge in [0.25, 0.3) is 0 Å². The lowest BCUT2D eigenvalue weighted by Crippen LogP contribution is -2.24. The molecule has 0 bridgehead atoms. The van der Waals surface area contributed by atoms with E-state index in [4.69, 9.17) is 32.9 Å². The molecule has 0 spiro atoms. The first-order valence-corrected chi connectivity index (χ1v) is 10.3. The van der Waals surface area contributed by atoms with Gasteiger partial charge in [-0.05, 0) is 53.8 Å². The fraction of sp³-hybridized carbons (Fsp3) is 0.190. The summed E-state index contributed by atoms with van der Waals surface area (Å²) in [4.78, 5) is 6.03. The van der Waals surface area contributed by atoms with Crippen LogP contribution in [0.2, 0.25) is 10.0 Å². The van der Waals surface area contributed by atoms with Crippen molar-refractivity contribution in [3.63, 3.8) is 0 Å². The Labute approximate surface area is 172 Å². The van der Waals surface area contributed by atoms with E-state index in [1.54, 1.807) is 11.3 Å². The molecule has 2 atom stereocenters. The van der Waals surface area contributed by atoms with Gasteiger partial charge in [0, 0.05) is 10.0 Å². The summed E-state index contributed by atoms with van der Waals surface area (Å²) in [6, 6.07) is 17.7. The van der Waals surface area contributed by atoms with Crippen molar-refractivity contribution in [3.8, 4) is 5.75 Å². The molecule has 0 amide bonds. The van der Waals surface area contributed by atoms with Crippen LogP contribution in [-0.2, 0) is 0 Å². The van der Waals surface area contributed by atoms with Crippen molar-refractivity contribution in [2.45, 2.75) is 19.0 Å². The molecule has 3 aromatic rings. The number of thiophene rings is 1. The highest BCUT2D eigenvalue weighted by molar-refractivity contribution is 7.12. The van der Waals surface area contributed by atoms with Crippen molar-refractivity contribution in [1.82, 2.24) is 5.32 Å². The molecule has 4 rings (SSSR count). The Hall–Kier alpha value is -2.01. The van der Waals surface area contributed by atoms with Gasteiger partial charge in [0.2, 0.25) is 0 Å². The van der Waals surface area contributed by atoms with Crippen LogP contribution in [0, 0.1) is 0 Å². The number of aliphatic imine (C=N–C) groups is 1. The second kappa shape index (κ2) is 7.93. The van der Waals surface area contributed by atoms with E-state index in [1.165, 1.54) is 0 Å². The molecule has 6 heteroatoms. The minimum Gasteiger partial charge on any atom is -0.492 e. The fourth-order valence-electron chi connectivity index (χ4n) is 3.20. The maximum absolute atomic E-state index is 6.08. The van der Waals surface area contributed by atoms with E-state index in [-0.39, 0.29) is 12.1 Å². The van der Waals surface area contributed by atoms with Gasteiger partial charge >= 0.3 is 0 Å². The number of nitrogens with one attached hydrogen (secondary N) is 1. The van der Waals surface area contributed by atoms with E-state index in [9.17, 15) is 0 Å². The number of nitrogens with zero attached hydrogens (tertiary/aromatic N) is 1. The predicted octanol–water partition coefficient (Wildman–Crippen LogP) is 6.29. The van der Waals surface area contributed by atoms with Gasteiger partial charge < -0.3 is 10.1 Å². The zero-order valence-electron chi connectivity index (χ0n) is 14.7. The van der Waals surface area contributed by atoms with Crippen molar-refractivity contribution in [2.75, 3.05) is 6.61 Å². The lowest BCUT2D eigenvalue weighted by molar-refractivity contribution is 0.341. The number of amidine groups is 1. The van der Waals surface area contributed by atoms with E-state index in [0.717, 1.165) is 32.6 Å². The number of benzene rings is 2. The lowest BCUT2D eigenvalue weighted by Gasteiger charge is -2.20. The van der Waals surface area contributed by atoms with Gasteiger partial charge in [0.05, 0.1) is 12.6 Å². The molecule has 1 aromatic heterocycles. The molecule has 2 unspecified atom stereocenters. The van der Waals surface area contributed by atoms with Crippen molar-refractivity contribution >= 4 is 40.4 Å². The van der Waals surface area contributed by atoms with Gasteiger partial charge in [0.1, 0.15) is 22.5 Å². The molecule has 0 fully saturated rings. The molecule has 2 aromatic carbocycles. The monoisotopic (exact) mass is 416 g/mol. The average Bonchev–Trinajstić information content (AvgIpc) is 3.30. The van der Waals surface area contributed by atoms with Crippen LogP contribution in [0.25, 0.3) is 0 Å². The van der Waals surface area contributed by atoms with Gasteiger partial charge in [-0.2, -0.15) is 0 Å². The summed E-state index contributed by atoms with van der Waals surface area (Å²) in [6.07, 6.45) is 0. The largest absolute Gasteiger partial charge is 0.492 e. The van der Waals surface area contributed by atoms with Crippen LogP contribution in [0.5, 0.6) is 5.75 Å². The minimum absolute atomic E-state index is 0.00928. The van der Waals surface area contributed by atoms with Crippen LogP contribution in [0.15, 0.2) is 65.0 Å². The number of rotatable bonds is 5. The Balaban J connectivity index is 1.74. The Kier molecular flexibility index (Phi) is 5.39. The zero-order valence-corrected chi connectivity index (χ0v) is 17.0. The summed E-state index contributed by atoms with van der Waals surface area (Å²) in [7, 11) is 0. The standard InChI is InChI=1S/C21H18Cl2N2OS/c1-2-26-17-11-12-27-20(17)21-24-18(13-3-7-15(22)8-4-13)19(25-21)14-5-9-16(23)10-6-14/h3-12,18-19H,2H2,1H3,(H,24,25). The molecule has 27 heavy (non-hydrogen) atoms. The zero-order chi connectivity index (χ0) is 18.8. The molecule has 3 nitrogen and oxygen atoms in total. The van der Waals surface area contributed by atoms with Crippen molar-refractivity contribution in [1.29, 1.82) is 0 Å². The Morgan fingerprint density at radius 1 is 0.963 bits per heavy atom. The molecule has 1 aliphatic heterocycles. The van der Waals surface area contributed by atoms with Gasteiger partial charge in [-0.3, -0.25) is 4.99 Å². The Bertz CT molecular complexity index is 951. The Morgan fingerprint density at radius 3 is 2.22 bits per heavy atom. The van der Waals surface area contributed by atoms with Gasteiger partial charge in [0.15, 0.2) is 0 Å². The number of halogens is 2. The maximum Gasteiger partial charge on any atom is 0.143 e. The maximum atomic E-state index is 6.08. The SMILES string of the molecule is CCOc1ccsc1C1=NC(c2ccc(Cl)cc2)C(c2ccc(Cl)cc2)N1. The van der Waals surface area contributed by atoms with Crippen LogP contribution >= 0.6 is 34.5 Å². The van der Waals surface area contributed by atoms with Gasteiger partial charge in [-0.1, -0.05) is 47.5 Å². The molecule has 0 saturated carbocycles. The molecule has 0 saturated heterocycles. The van der Waals surface area contributed by atoms with E-state index in [1.807, 2.05) is 66.9 Å². The molecule has 1 N–H and O–H groups in total. The van der Waals surface area contributed by atoms with Crippen molar-refractivity contribution in [2.24, 2.45) is 4.99 Å². The lowest BCUT2D eigenvalue weighted by atomic mass is 9.95. The second-order valence-electron chi connectivity index (χ2n) is 6.19. The summed E-state index contributed by atoms with van der Waals surface area (Å²) in [5, 5.41) is 7.06. The highest BCUT2D eigenvalue weighted by Crippen LogP contribution is 2.39. The molecular weight excluding hydrogens is 399 g/mol. The predicted molar refractivity (Wildman–Crippen MR) is 114 cm³/mol. The minimum atomic E-state index is -0.0602. The van der Waals surface area contributed by atoms with Crippen LogP contribution in [0.1, 0.15) is 35.0 Å². The fourth-order valence-corrected chi connectivity index (χ4v) is 4.25. The average molecular weight is 417 g/mol. The smallest absolute Gasteiger partial charge is 0.143 e. The van der Waals surface area contributed by atoms with E-state index in [0.29, 0.717) is 11.6 Å². The van der Waals surface area contributed by atoms with Crippen LogP contribution < -0.4 is 10.1 Å². The van der Waals surface area contributed by atoms with Crippen molar-refractivity contribution in [3.05, 3.63) is 86.0 Å². The first-order chi connectivity index (χ1) is 13.2. The summed E-state index contributed by atoms with van der Waals surface area (Å²) in [6.45, 7) is 2.61. The molecule has 2 heterocycles. The summed E-state index contributed by atoms with van der Waals surface area (Å²) < 4.78 is 5.76. The molecule has 0 radical (unpaired) electrons. The number of hydrogen-bond acceptors (Lipinski definition) is 4. The summed E-state index contributed by atoms with van der Waals surface area (Å²) in [5.41, 5.74) is 2.24. The van der Waals surface area contributed by atoms with Gasteiger partial charge in [-0.15, -0.1) is 11.3 Å². The molecule has 138 valence electrons. The number of ether oxygens (including phenoxy) is 1. The topological polar surface area (TPSA) is 33.6 Å². The van der Waals surface area contributed by atoms with Crippen LogP contribution in [0.4, 0.5) is 0 Å². The van der Waals surface area contributed by atoms with Crippen LogP contribution in [-0.4, -0.2) is 12.4 Å². The van der Waals surface area contributed by atoms with E-state index >= 15 is 0 Å².